The summed E-state index contributed by atoms with van der Waals surface area (Å²) in [5, 5.41) is 0. The Hall–Kier alpha value is -1.06. The minimum absolute atomic E-state index is 0.135. The summed E-state index contributed by atoms with van der Waals surface area (Å²) >= 11 is 0. The number of ether oxygens (including phenoxy) is 2. The third kappa shape index (κ3) is 15.9. The number of rotatable bonds is 19. The van der Waals surface area contributed by atoms with Gasteiger partial charge in [0.1, 0.15) is 0 Å². The number of esters is 2. The van der Waals surface area contributed by atoms with E-state index in [0.29, 0.717) is 50.7 Å². The van der Waals surface area contributed by atoms with Gasteiger partial charge < -0.3 is 9.47 Å². The number of unbranched alkanes of at least 4 members (excludes halogenated alkanes) is 5. The van der Waals surface area contributed by atoms with Crippen molar-refractivity contribution in [3.63, 3.8) is 0 Å². The van der Waals surface area contributed by atoms with E-state index in [1.54, 1.807) is 0 Å². The predicted octanol–water partition coefficient (Wildman–Crippen LogP) is 6.85. The molecule has 4 heteroatoms. The van der Waals surface area contributed by atoms with Crippen LogP contribution < -0.4 is 0 Å². The molecule has 0 heterocycles. The van der Waals surface area contributed by atoms with E-state index in [9.17, 15) is 9.59 Å². The van der Waals surface area contributed by atoms with E-state index < -0.39 is 0 Å². The van der Waals surface area contributed by atoms with Crippen LogP contribution in [0.1, 0.15) is 118 Å². The zero-order valence-corrected chi connectivity index (χ0v) is 19.1. The maximum absolute atomic E-state index is 11.9. The lowest BCUT2D eigenvalue weighted by Crippen LogP contribution is -2.15. The Morgan fingerprint density at radius 2 is 1.00 bits per heavy atom. The predicted molar refractivity (Wildman–Crippen MR) is 116 cm³/mol. The summed E-state index contributed by atoms with van der Waals surface area (Å²) in [7, 11) is 0. The SMILES string of the molecule is CCCCCC(CC)COC(=O)CCCCC(=O)OCC(CC)CCCCC. The molecule has 0 fully saturated rings. The highest BCUT2D eigenvalue weighted by Crippen LogP contribution is 2.16. The monoisotopic (exact) mass is 398 g/mol. The van der Waals surface area contributed by atoms with Crippen molar-refractivity contribution in [1.29, 1.82) is 0 Å². The number of carbonyl (C=O) groups excluding carboxylic acids is 2. The molecule has 166 valence electrons. The number of hydrogen-bond acceptors (Lipinski definition) is 4. The second kappa shape index (κ2) is 19.3. The average molecular weight is 399 g/mol. The van der Waals surface area contributed by atoms with Gasteiger partial charge in [-0.1, -0.05) is 79.1 Å². The third-order valence-corrected chi connectivity index (χ3v) is 5.56. The van der Waals surface area contributed by atoms with E-state index in [4.69, 9.17) is 9.47 Å². The highest BCUT2D eigenvalue weighted by atomic mass is 16.5. The van der Waals surface area contributed by atoms with Crippen LogP contribution in [0.25, 0.3) is 0 Å². The Kier molecular flexibility index (Phi) is 18.5. The van der Waals surface area contributed by atoms with Crippen LogP contribution in [0.5, 0.6) is 0 Å². The van der Waals surface area contributed by atoms with Gasteiger partial charge >= 0.3 is 11.9 Å². The summed E-state index contributed by atoms with van der Waals surface area (Å²) in [5.41, 5.74) is 0. The lowest BCUT2D eigenvalue weighted by Gasteiger charge is -2.15. The van der Waals surface area contributed by atoms with Gasteiger partial charge in [0.15, 0.2) is 0 Å². The molecule has 0 aromatic rings. The zero-order valence-electron chi connectivity index (χ0n) is 19.1. The van der Waals surface area contributed by atoms with Gasteiger partial charge in [0.25, 0.3) is 0 Å². The molecule has 0 aromatic carbocycles. The fraction of sp³-hybridized carbons (Fsp3) is 0.917. The molecule has 0 saturated carbocycles. The summed E-state index contributed by atoms with van der Waals surface area (Å²) in [6, 6.07) is 0. The summed E-state index contributed by atoms with van der Waals surface area (Å²) in [6.07, 6.45) is 13.9. The van der Waals surface area contributed by atoms with Crippen molar-refractivity contribution in [2.75, 3.05) is 13.2 Å². The molecule has 0 aliphatic rings. The Labute approximate surface area is 174 Å². The molecule has 0 aromatic heterocycles. The van der Waals surface area contributed by atoms with Crippen molar-refractivity contribution < 1.29 is 19.1 Å². The molecule has 0 aliphatic carbocycles. The van der Waals surface area contributed by atoms with Crippen LogP contribution in [0.4, 0.5) is 0 Å². The third-order valence-electron chi connectivity index (χ3n) is 5.56. The topological polar surface area (TPSA) is 52.6 Å². The van der Waals surface area contributed by atoms with Crippen LogP contribution >= 0.6 is 0 Å². The van der Waals surface area contributed by atoms with E-state index in [-0.39, 0.29) is 11.9 Å². The molecule has 0 saturated heterocycles. The first kappa shape index (κ1) is 26.9. The molecular formula is C24H46O4. The summed E-state index contributed by atoms with van der Waals surface area (Å²) < 4.78 is 10.8. The lowest BCUT2D eigenvalue weighted by atomic mass is 10.00. The minimum Gasteiger partial charge on any atom is -0.465 e. The standard InChI is InChI=1S/C24H46O4/c1-5-9-11-15-21(7-3)19-27-23(25)17-13-14-18-24(26)28-20-22(8-4)16-12-10-6-2/h21-22H,5-20H2,1-4H3. The molecule has 0 amide bonds. The van der Waals surface area contributed by atoms with Crippen LogP contribution in [0.3, 0.4) is 0 Å². The summed E-state index contributed by atoms with van der Waals surface area (Å²) in [6.45, 7) is 9.79. The van der Waals surface area contributed by atoms with Gasteiger partial charge in [-0.2, -0.15) is 0 Å². The molecule has 0 bridgehead atoms. The molecule has 0 aliphatic heterocycles. The molecular weight excluding hydrogens is 352 g/mol. The van der Waals surface area contributed by atoms with E-state index in [1.165, 1.54) is 38.5 Å². The zero-order chi connectivity index (χ0) is 21.0. The van der Waals surface area contributed by atoms with Crippen LogP contribution in [0.15, 0.2) is 0 Å². The smallest absolute Gasteiger partial charge is 0.305 e. The van der Waals surface area contributed by atoms with E-state index >= 15 is 0 Å². The van der Waals surface area contributed by atoms with Crippen LogP contribution in [0, 0.1) is 11.8 Å². The van der Waals surface area contributed by atoms with Gasteiger partial charge in [0.2, 0.25) is 0 Å². The fourth-order valence-electron chi connectivity index (χ4n) is 3.28. The highest BCUT2D eigenvalue weighted by Gasteiger charge is 2.12. The first-order valence-corrected chi connectivity index (χ1v) is 11.9. The fourth-order valence-corrected chi connectivity index (χ4v) is 3.28. The second-order valence-corrected chi connectivity index (χ2v) is 8.11. The Morgan fingerprint density at radius 3 is 1.32 bits per heavy atom. The largest absolute Gasteiger partial charge is 0.465 e. The first-order valence-electron chi connectivity index (χ1n) is 11.9. The maximum atomic E-state index is 11.9. The lowest BCUT2D eigenvalue weighted by molar-refractivity contribution is -0.147. The van der Waals surface area contributed by atoms with Gasteiger partial charge in [0.05, 0.1) is 13.2 Å². The van der Waals surface area contributed by atoms with Gasteiger partial charge in [-0.25, -0.2) is 0 Å². The van der Waals surface area contributed by atoms with Crippen LogP contribution in [-0.4, -0.2) is 25.2 Å². The highest BCUT2D eigenvalue weighted by molar-refractivity contribution is 5.70. The summed E-state index contributed by atoms with van der Waals surface area (Å²) in [4.78, 5) is 23.8. The van der Waals surface area contributed by atoms with Gasteiger partial charge in [-0.05, 0) is 37.5 Å². The van der Waals surface area contributed by atoms with E-state index in [2.05, 4.69) is 27.7 Å². The number of carbonyl (C=O) groups is 2. The summed E-state index contributed by atoms with van der Waals surface area (Å²) in [5.74, 6) is 0.692. The Morgan fingerprint density at radius 1 is 0.607 bits per heavy atom. The van der Waals surface area contributed by atoms with Crippen molar-refractivity contribution in [3.05, 3.63) is 0 Å². The number of hydrogen-bond donors (Lipinski definition) is 0. The van der Waals surface area contributed by atoms with Crippen molar-refractivity contribution in [3.8, 4) is 0 Å². The Bertz CT molecular complexity index is 345. The van der Waals surface area contributed by atoms with Gasteiger partial charge in [0, 0.05) is 12.8 Å². The van der Waals surface area contributed by atoms with Crippen molar-refractivity contribution in [2.24, 2.45) is 11.8 Å². The Balaban J connectivity index is 3.75. The molecule has 4 nitrogen and oxygen atoms in total. The van der Waals surface area contributed by atoms with E-state index in [1.807, 2.05) is 0 Å². The quantitative estimate of drug-likeness (QED) is 0.176. The van der Waals surface area contributed by atoms with Gasteiger partial charge in [-0.15, -0.1) is 0 Å². The van der Waals surface area contributed by atoms with Crippen LogP contribution in [0.2, 0.25) is 0 Å². The van der Waals surface area contributed by atoms with Crippen LogP contribution in [-0.2, 0) is 19.1 Å². The van der Waals surface area contributed by atoms with E-state index in [0.717, 1.165) is 25.7 Å². The molecule has 2 atom stereocenters. The average Bonchev–Trinajstić information content (AvgIpc) is 2.70. The maximum Gasteiger partial charge on any atom is 0.305 e. The normalized spacial score (nSPS) is 13.1. The van der Waals surface area contributed by atoms with Gasteiger partial charge in [-0.3, -0.25) is 9.59 Å². The van der Waals surface area contributed by atoms with Crippen molar-refractivity contribution in [2.45, 2.75) is 118 Å². The van der Waals surface area contributed by atoms with Crippen molar-refractivity contribution >= 4 is 11.9 Å². The molecule has 0 radical (unpaired) electrons. The van der Waals surface area contributed by atoms with Crippen molar-refractivity contribution in [1.82, 2.24) is 0 Å². The molecule has 0 N–H and O–H groups in total. The molecule has 28 heavy (non-hydrogen) atoms. The minimum atomic E-state index is -0.135. The first-order chi connectivity index (χ1) is 13.6. The molecule has 0 spiro atoms. The molecule has 0 rings (SSSR count). The second-order valence-electron chi connectivity index (χ2n) is 8.11. The molecule has 2 unspecified atom stereocenters.